The minimum Gasteiger partial charge on any atom is -0.461 e. The topological polar surface area (TPSA) is 64.6 Å². The lowest BCUT2D eigenvalue weighted by Crippen LogP contribution is -2.37. The molecule has 1 aliphatic carbocycles. The number of carbonyl (C=O) groups is 1. The summed E-state index contributed by atoms with van der Waals surface area (Å²) in [4.78, 5) is 11.8. The van der Waals surface area contributed by atoms with Crippen molar-refractivity contribution in [2.45, 2.75) is 38.3 Å². The molecule has 0 amide bonds. The summed E-state index contributed by atoms with van der Waals surface area (Å²) in [5.74, 6) is -0.0925. The van der Waals surface area contributed by atoms with Crippen molar-refractivity contribution in [3.05, 3.63) is 30.3 Å². The first-order valence-corrected chi connectivity index (χ1v) is 9.02. The number of para-hydroxylation sites is 1. The summed E-state index contributed by atoms with van der Waals surface area (Å²) in [5, 5.41) is 2.48. The smallest absolute Gasteiger partial charge is 0.409 e. The molecule has 1 aromatic carbocycles. The van der Waals surface area contributed by atoms with Gasteiger partial charge in [-0.3, -0.25) is 4.79 Å². The Labute approximate surface area is 122 Å². The van der Waals surface area contributed by atoms with E-state index in [1.165, 1.54) is 0 Å². The van der Waals surface area contributed by atoms with Crippen LogP contribution >= 0.6 is 18.1 Å². The van der Waals surface area contributed by atoms with E-state index in [2.05, 4.69) is 5.09 Å². The Kier molecular flexibility index (Phi) is 5.08. The van der Waals surface area contributed by atoms with E-state index in [4.69, 9.17) is 20.5 Å². The zero-order valence-corrected chi connectivity index (χ0v) is 12.8. The standard InChI is InChI=1S/C13H17ClNO4P/c1-10(13(16)18-11-8-5-9-11)15-20(14,17)19-12-6-3-2-4-7-12/h2-4,6-7,10-11H,5,8-9H2,1H3,(H,15,17). The van der Waals surface area contributed by atoms with Gasteiger partial charge in [-0.2, -0.15) is 0 Å². The Morgan fingerprint density at radius 1 is 1.40 bits per heavy atom. The van der Waals surface area contributed by atoms with Crippen molar-refractivity contribution < 1.29 is 18.6 Å². The van der Waals surface area contributed by atoms with Crippen LogP contribution in [-0.2, 0) is 14.1 Å². The molecule has 1 N–H and O–H groups in total. The van der Waals surface area contributed by atoms with Gasteiger partial charge < -0.3 is 9.26 Å². The summed E-state index contributed by atoms with van der Waals surface area (Å²) < 4.78 is 22.5. The van der Waals surface area contributed by atoms with Crippen LogP contribution in [0.4, 0.5) is 0 Å². The van der Waals surface area contributed by atoms with Gasteiger partial charge in [0.15, 0.2) is 0 Å². The SMILES string of the molecule is CC(NP(=O)(Cl)Oc1ccccc1)C(=O)OC1CCC1. The maximum Gasteiger partial charge on any atom is 0.409 e. The molecule has 1 aliphatic rings. The molecule has 110 valence electrons. The van der Waals surface area contributed by atoms with Gasteiger partial charge in [-0.25, -0.2) is 9.65 Å². The summed E-state index contributed by atoms with van der Waals surface area (Å²) in [6, 6.07) is 7.75. The van der Waals surface area contributed by atoms with Crippen LogP contribution in [0.25, 0.3) is 0 Å². The van der Waals surface area contributed by atoms with E-state index in [9.17, 15) is 9.36 Å². The maximum absolute atomic E-state index is 12.1. The lowest BCUT2D eigenvalue weighted by Gasteiger charge is -2.27. The van der Waals surface area contributed by atoms with Crippen molar-refractivity contribution in [1.29, 1.82) is 0 Å². The van der Waals surface area contributed by atoms with E-state index in [1.807, 2.05) is 0 Å². The summed E-state index contributed by atoms with van der Waals surface area (Å²) >= 11 is 5.81. The first-order chi connectivity index (χ1) is 9.46. The summed E-state index contributed by atoms with van der Waals surface area (Å²) in [6.07, 6.45) is 2.83. The molecule has 0 saturated heterocycles. The van der Waals surface area contributed by atoms with Crippen LogP contribution in [0.1, 0.15) is 26.2 Å². The van der Waals surface area contributed by atoms with Crippen molar-refractivity contribution in [3.8, 4) is 5.75 Å². The fourth-order valence-electron chi connectivity index (χ4n) is 1.68. The van der Waals surface area contributed by atoms with E-state index < -0.39 is 18.9 Å². The minimum absolute atomic E-state index is 0.0171. The number of halogens is 1. The maximum atomic E-state index is 12.1. The molecule has 0 aromatic heterocycles. The van der Waals surface area contributed by atoms with E-state index in [0.717, 1.165) is 19.3 Å². The van der Waals surface area contributed by atoms with E-state index in [0.29, 0.717) is 5.75 Å². The van der Waals surface area contributed by atoms with Gasteiger partial charge in [-0.1, -0.05) is 18.2 Å². The van der Waals surface area contributed by atoms with Crippen molar-refractivity contribution in [2.75, 3.05) is 0 Å². The van der Waals surface area contributed by atoms with Gasteiger partial charge in [0.05, 0.1) is 0 Å². The molecule has 1 saturated carbocycles. The Morgan fingerprint density at radius 3 is 2.60 bits per heavy atom. The molecule has 0 heterocycles. The number of benzene rings is 1. The summed E-state index contributed by atoms with van der Waals surface area (Å²) in [6.45, 7) is -2.09. The van der Waals surface area contributed by atoms with E-state index >= 15 is 0 Å². The number of rotatable bonds is 6. The zero-order chi connectivity index (χ0) is 14.6. The lowest BCUT2D eigenvalue weighted by molar-refractivity contribution is -0.154. The molecule has 2 unspecified atom stereocenters. The second-order valence-electron chi connectivity index (χ2n) is 4.72. The highest BCUT2D eigenvalue weighted by atomic mass is 35.7. The third kappa shape index (κ3) is 4.51. The molecule has 2 rings (SSSR count). The molecule has 7 heteroatoms. The molecular formula is C13H17ClNO4P. The zero-order valence-electron chi connectivity index (χ0n) is 11.1. The number of ether oxygens (including phenoxy) is 1. The second kappa shape index (κ2) is 6.61. The molecule has 2 atom stereocenters. The number of hydrogen-bond donors (Lipinski definition) is 1. The monoisotopic (exact) mass is 317 g/mol. The van der Waals surface area contributed by atoms with Crippen LogP contribution in [0.15, 0.2) is 30.3 Å². The normalized spacial score (nSPS) is 19.5. The summed E-state index contributed by atoms with van der Waals surface area (Å²) in [5.41, 5.74) is 0. The van der Waals surface area contributed by atoms with Crippen molar-refractivity contribution >= 4 is 24.1 Å². The van der Waals surface area contributed by atoms with Gasteiger partial charge in [0, 0.05) is 11.2 Å². The predicted molar refractivity (Wildman–Crippen MR) is 76.9 cm³/mol. The molecule has 0 bridgehead atoms. The Balaban J connectivity index is 1.86. The van der Waals surface area contributed by atoms with Crippen LogP contribution < -0.4 is 9.61 Å². The molecule has 0 aliphatic heterocycles. The Bertz CT molecular complexity index is 506. The quantitative estimate of drug-likeness (QED) is 0.642. The number of nitrogens with one attached hydrogen (secondary N) is 1. The van der Waals surface area contributed by atoms with Gasteiger partial charge in [0.25, 0.3) is 0 Å². The first-order valence-electron chi connectivity index (χ1n) is 6.49. The van der Waals surface area contributed by atoms with Gasteiger partial charge in [0.1, 0.15) is 17.9 Å². The van der Waals surface area contributed by atoms with Gasteiger partial charge in [-0.05, 0) is 38.3 Å². The second-order valence-corrected chi connectivity index (χ2v) is 7.46. The molecular weight excluding hydrogens is 301 g/mol. The molecule has 5 nitrogen and oxygen atoms in total. The van der Waals surface area contributed by atoms with Gasteiger partial charge in [-0.15, -0.1) is 0 Å². The third-order valence-electron chi connectivity index (χ3n) is 3.00. The number of carbonyl (C=O) groups excluding carboxylic acids is 1. The lowest BCUT2D eigenvalue weighted by atomic mass is 9.96. The van der Waals surface area contributed by atoms with Crippen molar-refractivity contribution in [1.82, 2.24) is 5.09 Å². The molecule has 0 spiro atoms. The van der Waals surface area contributed by atoms with Crippen LogP contribution in [0, 0.1) is 0 Å². The van der Waals surface area contributed by atoms with E-state index in [1.54, 1.807) is 37.3 Å². The molecule has 1 fully saturated rings. The Hall–Kier alpha value is -1.03. The average Bonchev–Trinajstić information content (AvgIpc) is 2.33. The fourth-order valence-corrected chi connectivity index (χ4v) is 3.37. The summed E-state index contributed by atoms with van der Waals surface area (Å²) in [7, 11) is 0. The van der Waals surface area contributed by atoms with Crippen LogP contribution in [0.3, 0.4) is 0 Å². The van der Waals surface area contributed by atoms with Crippen LogP contribution in [0.5, 0.6) is 5.75 Å². The first kappa shape index (κ1) is 15.4. The molecule has 20 heavy (non-hydrogen) atoms. The average molecular weight is 318 g/mol. The largest absolute Gasteiger partial charge is 0.461 e. The van der Waals surface area contributed by atoms with Crippen molar-refractivity contribution in [3.63, 3.8) is 0 Å². The third-order valence-corrected chi connectivity index (χ3v) is 4.64. The van der Waals surface area contributed by atoms with Gasteiger partial charge in [0.2, 0.25) is 0 Å². The van der Waals surface area contributed by atoms with Crippen LogP contribution in [0.2, 0.25) is 0 Å². The highest BCUT2D eigenvalue weighted by molar-refractivity contribution is 7.84. The van der Waals surface area contributed by atoms with Crippen molar-refractivity contribution in [2.24, 2.45) is 0 Å². The van der Waals surface area contributed by atoms with E-state index in [-0.39, 0.29) is 6.10 Å². The number of esters is 1. The molecule has 0 radical (unpaired) electrons. The highest BCUT2D eigenvalue weighted by Crippen LogP contribution is 2.48. The highest BCUT2D eigenvalue weighted by Gasteiger charge is 2.30. The van der Waals surface area contributed by atoms with Gasteiger partial charge >= 0.3 is 12.8 Å². The Morgan fingerprint density at radius 2 is 2.05 bits per heavy atom. The fraction of sp³-hybridized carbons (Fsp3) is 0.462. The predicted octanol–water partition coefficient (Wildman–Crippen LogP) is 3.49. The molecule has 1 aromatic rings. The number of hydrogen-bond acceptors (Lipinski definition) is 4. The minimum atomic E-state index is -3.64. The van der Waals surface area contributed by atoms with Crippen LogP contribution in [-0.4, -0.2) is 18.1 Å².